The molecule has 0 N–H and O–H groups in total. The van der Waals surface area contributed by atoms with Crippen LogP contribution in [0.4, 0.5) is 0 Å². The van der Waals surface area contributed by atoms with Crippen LogP contribution >= 0.6 is 34.8 Å². The van der Waals surface area contributed by atoms with Crippen molar-refractivity contribution in [2.75, 3.05) is 0 Å². The molecule has 0 heterocycles. The van der Waals surface area contributed by atoms with Crippen LogP contribution in [0.15, 0.2) is 18.2 Å². The van der Waals surface area contributed by atoms with Crippen molar-refractivity contribution in [3.63, 3.8) is 0 Å². The summed E-state index contributed by atoms with van der Waals surface area (Å²) < 4.78 is 0. The van der Waals surface area contributed by atoms with Crippen LogP contribution in [0.1, 0.15) is 19.4 Å². The average Bonchev–Trinajstić information content (AvgIpc) is 2.11. The zero-order valence-corrected chi connectivity index (χ0v) is 10.5. The van der Waals surface area contributed by atoms with Crippen molar-refractivity contribution in [3.05, 3.63) is 33.8 Å². The second-order valence-corrected chi connectivity index (χ2v) is 5.13. The van der Waals surface area contributed by atoms with Gasteiger partial charge in [-0.05, 0) is 43.0 Å². The Bertz CT molecular complexity index is 307. The number of hydrogen-bond acceptors (Lipinski definition) is 0. The van der Waals surface area contributed by atoms with Gasteiger partial charge in [0.25, 0.3) is 0 Å². The minimum Gasteiger partial charge on any atom is -0.123 e. The summed E-state index contributed by atoms with van der Waals surface area (Å²) in [6, 6.07) is 5.52. The molecule has 1 aromatic rings. The molecule has 0 spiro atoms. The Kier molecular flexibility index (Phi) is 4.56. The Morgan fingerprint density at radius 2 is 1.86 bits per heavy atom. The molecule has 1 aromatic carbocycles. The van der Waals surface area contributed by atoms with Gasteiger partial charge in [-0.3, -0.25) is 0 Å². The summed E-state index contributed by atoms with van der Waals surface area (Å²) in [7, 11) is 0. The van der Waals surface area contributed by atoms with Crippen molar-refractivity contribution in [1.29, 1.82) is 0 Å². The van der Waals surface area contributed by atoms with E-state index in [1.165, 1.54) is 0 Å². The Labute approximate surface area is 100 Å². The third-order valence-electron chi connectivity index (χ3n) is 2.33. The Hall–Kier alpha value is 0.0900. The van der Waals surface area contributed by atoms with Gasteiger partial charge in [-0.2, -0.15) is 0 Å². The van der Waals surface area contributed by atoms with Crippen molar-refractivity contribution in [1.82, 2.24) is 0 Å². The summed E-state index contributed by atoms with van der Waals surface area (Å²) in [5.41, 5.74) is 1.07. The fourth-order valence-corrected chi connectivity index (χ4v) is 1.69. The summed E-state index contributed by atoms with van der Waals surface area (Å²) in [5, 5.41) is 1.63. The van der Waals surface area contributed by atoms with Crippen molar-refractivity contribution in [2.24, 2.45) is 5.92 Å². The van der Waals surface area contributed by atoms with E-state index in [2.05, 4.69) is 6.92 Å². The van der Waals surface area contributed by atoms with Crippen LogP contribution in [0.2, 0.25) is 10.0 Å². The highest BCUT2D eigenvalue weighted by molar-refractivity contribution is 6.33. The molecule has 14 heavy (non-hydrogen) atoms. The van der Waals surface area contributed by atoms with Gasteiger partial charge < -0.3 is 0 Å². The van der Waals surface area contributed by atoms with Gasteiger partial charge in [-0.15, -0.1) is 11.6 Å². The van der Waals surface area contributed by atoms with E-state index < -0.39 is 0 Å². The highest BCUT2D eigenvalue weighted by atomic mass is 35.5. The molecule has 0 saturated carbocycles. The number of benzene rings is 1. The first-order chi connectivity index (χ1) is 6.50. The van der Waals surface area contributed by atoms with E-state index in [1.54, 1.807) is 6.07 Å². The largest absolute Gasteiger partial charge is 0.123 e. The number of halogens is 3. The van der Waals surface area contributed by atoms with E-state index in [9.17, 15) is 0 Å². The molecule has 0 bridgehead atoms. The lowest BCUT2D eigenvalue weighted by molar-refractivity contribution is 0.568. The van der Waals surface area contributed by atoms with Crippen LogP contribution in [0.5, 0.6) is 0 Å². The number of alkyl halides is 1. The van der Waals surface area contributed by atoms with Crippen molar-refractivity contribution in [2.45, 2.75) is 25.6 Å². The van der Waals surface area contributed by atoms with E-state index in [0.717, 1.165) is 22.0 Å². The third kappa shape index (κ3) is 3.34. The van der Waals surface area contributed by atoms with E-state index in [1.807, 2.05) is 19.1 Å². The van der Waals surface area contributed by atoms with Crippen LogP contribution in [-0.4, -0.2) is 5.38 Å². The lowest BCUT2D eigenvalue weighted by atomic mass is 9.98. The maximum Gasteiger partial charge on any atom is 0.0439 e. The molecule has 0 aliphatic rings. The molecule has 2 atom stereocenters. The Morgan fingerprint density at radius 3 is 2.43 bits per heavy atom. The highest BCUT2D eigenvalue weighted by Crippen LogP contribution is 2.25. The summed E-state index contributed by atoms with van der Waals surface area (Å²) in [5.74, 6) is 0.396. The fraction of sp³-hybridized carbons (Fsp3) is 0.455. The predicted octanol–water partition coefficient (Wildman–Crippen LogP) is 4.80. The molecular weight excluding hydrogens is 238 g/mol. The van der Waals surface area contributed by atoms with E-state index in [0.29, 0.717) is 5.92 Å². The molecule has 0 fully saturated rings. The molecule has 0 radical (unpaired) electrons. The van der Waals surface area contributed by atoms with Crippen LogP contribution in [0.25, 0.3) is 0 Å². The number of hydrogen-bond donors (Lipinski definition) is 0. The molecular formula is C11H13Cl3. The van der Waals surface area contributed by atoms with Gasteiger partial charge in [-0.25, -0.2) is 0 Å². The van der Waals surface area contributed by atoms with Crippen LogP contribution < -0.4 is 0 Å². The van der Waals surface area contributed by atoms with Crippen molar-refractivity contribution >= 4 is 34.8 Å². The molecule has 0 amide bonds. The molecule has 0 saturated heterocycles. The molecule has 0 aliphatic carbocycles. The normalized spacial score (nSPS) is 15.2. The third-order valence-corrected chi connectivity index (χ3v) is 3.37. The monoisotopic (exact) mass is 250 g/mol. The Morgan fingerprint density at radius 1 is 1.21 bits per heavy atom. The van der Waals surface area contributed by atoms with Gasteiger partial charge in [0.05, 0.1) is 0 Å². The lowest BCUT2D eigenvalue weighted by Gasteiger charge is -2.14. The molecule has 78 valence electrons. The lowest BCUT2D eigenvalue weighted by Crippen LogP contribution is -2.10. The standard InChI is InChI=1S/C11H13Cl3/c1-7(8(2)12)5-9-6-10(13)3-4-11(9)14/h3-4,6-8H,5H2,1-2H3. The van der Waals surface area contributed by atoms with E-state index in [-0.39, 0.29) is 5.38 Å². The van der Waals surface area contributed by atoms with Crippen molar-refractivity contribution < 1.29 is 0 Å². The minimum absolute atomic E-state index is 0.144. The number of rotatable bonds is 3. The molecule has 0 aromatic heterocycles. The fourth-order valence-electron chi connectivity index (χ4n) is 1.21. The quantitative estimate of drug-likeness (QED) is 0.677. The van der Waals surface area contributed by atoms with Gasteiger partial charge >= 0.3 is 0 Å². The summed E-state index contributed by atoms with van der Waals surface area (Å²) >= 11 is 17.9. The SMILES string of the molecule is CC(Cl)C(C)Cc1cc(Cl)ccc1Cl. The first-order valence-corrected chi connectivity index (χ1v) is 5.78. The van der Waals surface area contributed by atoms with Crippen LogP contribution in [0.3, 0.4) is 0 Å². The van der Waals surface area contributed by atoms with Gasteiger partial charge in [0, 0.05) is 15.4 Å². The summed E-state index contributed by atoms with van der Waals surface area (Å²) in [4.78, 5) is 0. The van der Waals surface area contributed by atoms with E-state index in [4.69, 9.17) is 34.8 Å². The smallest absolute Gasteiger partial charge is 0.0439 e. The van der Waals surface area contributed by atoms with Gasteiger partial charge in [0.2, 0.25) is 0 Å². The molecule has 3 heteroatoms. The maximum absolute atomic E-state index is 6.04. The average molecular weight is 252 g/mol. The van der Waals surface area contributed by atoms with Gasteiger partial charge in [0.1, 0.15) is 0 Å². The predicted molar refractivity (Wildman–Crippen MR) is 64.6 cm³/mol. The highest BCUT2D eigenvalue weighted by Gasteiger charge is 2.12. The van der Waals surface area contributed by atoms with Crippen molar-refractivity contribution in [3.8, 4) is 0 Å². The molecule has 2 unspecified atom stereocenters. The minimum atomic E-state index is 0.144. The molecule has 1 rings (SSSR count). The second-order valence-electron chi connectivity index (χ2n) is 3.59. The second kappa shape index (κ2) is 5.25. The van der Waals surface area contributed by atoms with Gasteiger partial charge in [-0.1, -0.05) is 30.1 Å². The summed E-state index contributed by atoms with van der Waals surface area (Å²) in [6.07, 6.45) is 0.865. The van der Waals surface area contributed by atoms with E-state index >= 15 is 0 Å². The zero-order chi connectivity index (χ0) is 10.7. The topological polar surface area (TPSA) is 0 Å². The maximum atomic E-state index is 6.04. The van der Waals surface area contributed by atoms with Gasteiger partial charge in [0.15, 0.2) is 0 Å². The first kappa shape index (κ1) is 12.2. The van der Waals surface area contributed by atoms with Crippen LogP contribution in [-0.2, 0) is 6.42 Å². The molecule has 0 aliphatic heterocycles. The summed E-state index contributed by atoms with van der Waals surface area (Å²) in [6.45, 7) is 4.10. The van der Waals surface area contributed by atoms with Crippen LogP contribution in [0, 0.1) is 5.92 Å². The zero-order valence-electron chi connectivity index (χ0n) is 8.23. The molecule has 0 nitrogen and oxygen atoms in total. The first-order valence-electron chi connectivity index (χ1n) is 4.58. The Balaban J connectivity index is 2.80.